The lowest BCUT2D eigenvalue weighted by molar-refractivity contribution is -0.146. The van der Waals surface area contributed by atoms with Gasteiger partial charge in [-0.15, -0.1) is 0 Å². The molecule has 0 aliphatic carbocycles. The molecule has 0 fully saturated rings. The van der Waals surface area contributed by atoms with E-state index in [2.05, 4.69) is 31.9 Å². The second-order valence-electron chi connectivity index (χ2n) is 3.93. The van der Waals surface area contributed by atoms with Crippen LogP contribution in [-0.2, 0) is 9.53 Å². The molecule has 1 aromatic rings. The van der Waals surface area contributed by atoms with Gasteiger partial charge in [-0.1, -0.05) is 31.9 Å². The second kappa shape index (κ2) is 5.48. The van der Waals surface area contributed by atoms with Crippen LogP contribution in [-0.4, -0.2) is 17.6 Å². The van der Waals surface area contributed by atoms with E-state index < -0.39 is 0 Å². The summed E-state index contributed by atoms with van der Waals surface area (Å²) < 4.78 is 16.8. The molecule has 1 aliphatic rings. The van der Waals surface area contributed by atoms with Crippen molar-refractivity contribution in [1.29, 1.82) is 0 Å². The number of rotatable bonds is 3. The molecule has 0 radical (unpaired) electrons. The van der Waals surface area contributed by atoms with Gasteiger partial charge in [-0.25, -0.2) is 0 Å². The van der Waals surface area contributed by atoms with Crippen LogP contribution in [0.2, 0.25) is 0 Å². The highest BCUT2D eigenvalue weighted by atomic mass is 79.9. The number of hydrogen-bond acceptors (Lipinski definition) is 4. The third-order valence-corrected chi connectivity index (χ3v) is 3.68. The van der Waals surface area contributed by atoms with E-state index in [1.165, 1.54) is 6.92 Å². The molecule has 0 saturated carbocycles. The molecular weight excluding hydrogens is 368 g/mol. The van der Waals surface area contributed by atoms with E-state index in [9.17, 15) is 4.79 Å². The summed E-state index contributed by atoms with van der Waals surface area (Å²) in [4.78, 5) is 11.1. The molecule has 2 atom stereocenters. The first-order valence-corrected chi connectivity index (χ1v) is 7.10. The summed E-state index contributed by atoms with van der Waals surface area (Å²) in [5.41, 5.74) is 0.846. The Morgan fingerprint density at radius 1 is 1.39 bits per heavy atom. The Balaban J connectivity index is 2.38. The Labute approximate surface area is 122 Å². The number of benzene rings is 1. The van der Waals surface area contributed by atoms with Crippen LogP contribution in [0.1, 0.15) is 25.5 Å². The van der Waals surface area contributed by atoms with Gasteiger partial charge in [-0.05, 0) is 19.1 Å². The smallest absolute Gasteiger partial charge is 0.303 e. The van der Waals surface area contributed by atoms with Crippen molar-refractivity contribution < 1.29 is 19.0 Å². The van der Waals surface area contributed by atoms with Gasteiger partial charge in [-0.3, -0.25) is 4.79 Å². The highest BCUT2D eigenvalue weighted by Crippen LogP contribution is 2.41. The average molecular weight is 380 g/mol. The quantitative estimate of drug-likeness (QED) is 0.594. The predicted octanol–water partition coefficient (Wildman–Crippen LogP) is 3.57. The molecule has 0 N–H and O–H groups in total. The van der Waals surface area contributed by atoms with Crippen LogP contribution in [0, 0.1) is 0 Å². The maximum absolute atomic E-state index is 11.2. The summed E-state index contributed by atoms with van der Waals surface area (Å²) in [6, 6.07) is 3.65. The zero-order chi connectivity index (χ0) is 13.3. The van der Waals surface area contributed by atoms with Gasteiger partial charge in [0.25, 0.3) is 0 Å². The molecule has 0 spiro atoms. The molecule has 98 valence electrons. The molecule has 18 heavy (non-hydrogen) atoms. The van der Waals surface area contributed by atoms with Gasteiger partial charge in [0, 0.05) is 17.0 Å². The standard InChI is InChI=1S/C12H12Br2O4/c1-6(13)12(18-7(2)15)8-3-10-11(4-9(8)14)17-5-16-10/h3-4,6,12H,5H2,1-2H3. The molecule has 4 nitrogen and oxygen atoms in total. The monoisotopic (exact) mass is 378 g/mol. The molecule has 6 heteroatoms. The van der Waals surface area contributed by atoms with Crippen molar-refractivity contribution >= 4 is 37.8 Å². The molecule has 1 aliphatic heterocycles. The summed E-state index contributed by atoms with van der Waals surface area (Å²) >= 11 is 6.91. The van der Waals surface area contributed by atoms with Crippen molar-refractivity contribution in [3.8, 4) is 11.5 Å². The SMILES string of the molecule is CC(=O)OC(c1cc2c(cc1Br)OCO2)C(C)Br. The van der Waals surface area contributed by atoms with E-state index in [4.69, 9.17) is 14.2 Å². The van der Waals surface area contributed by atoms with E-state index in [0.29, 0.717) is 11.5 Å². The van der Waals surface area contributed by atoms with Crippen molar-refractivity contribution in [3.05, 3.63) is 22.2 Å². The normalized spacial score (nSPS) is 16.2. The minimum Gasteiger partial charge on any atom is -0.456 e. The Morgan fingerprint density at radius 3 is 2.56 bits per heavy atom. The Bertz CT molecular complexity index is 473. The van der Waals surface area contributed by atoms with Crippen LogP contribution in [0.25, 0.3) is 0 Å². The maximum Gasteiger partial charge on any atom is 0.303 e. The van der Waals surface area contributed by atoms with E-state index in [1.807, 2.05) is 19.1 Å². The number of carbonyl (C=O) groups is 1. The first kappa shape index (κ1) is 13.7. The number of ether oxygens (including phenoxy) is 3. The first-order valence-electron chi connectivity index (χ1n) is 5.39. The molecule has 0 saturated heterocycles. The van der Waals surface area contributed by atoms with Crippen LogP contribution >= 0.6 is 31.9 Å². The lowest BCUT2D eigenvalue weighted by Gasteiger charge is -2.21. The number of carbonyl (C=O) groups excluding carboxylic acids is 1. The second-order valence-corrected chi connectivity index (χ2v) is 6.23. The molecular formula is C12H12Br2O4. The van der Waals surface area contributed by atoms with Gasteiger partial charge >= 0.3 is 5.97 Å². The third-order valence-electron chi connectivity index (χ3n) is 2.51. The van der Waals surface area contributed by atoms with E-state index in [-0.39, 0.29) is 23.7 Å². The van der Waals surface area contributed by atoms with E-state index >= 15 is 0 Å². The van der Waals surface area contributed by atoms with Gasteiger partial charge in [-0.2, -0.15) is 0 Å². The van der Waals surface area contributed by atoms with Crippen LogP contribution < -0.4 is 9.47 Å². The maximum atomic E-state index is 11.2. The van der Waals surface area contributed by atoms with Crippen molar-refractivity contribution in [2.75, 3.05) is 6.79 Å². The molecule has 0 amide bonds. The molecule has 1 aromatic carbocycles. The Morgan fingerprint density at radius 2 is 2.00 bits per heavy atom. The lowest BCUT2D eigenvalue weighted by atomic mass is 10.1. The molecule has 2 rings (SSSR count). The largest absolute Gasteiger partial charge is 0.456 e. The summed E-state index contributed by atoms with van der Waals surface area (Å²) in [5, 5.41) is 0. The van der Waals surface area contributed by atoms with Crippen molar-refractivity contribution in [1.82, 2.24) is 0 Å². The predicted molar refractivity (Wildman–Crippen MR) is 73.2 cm³/mol. The Kier molecular flexibility index (Phi) is 4.17. The first-order chi connectivity index (χ1) is 8.49. The molecule has 2 unspecified atom stereocenters. The Hall–Kier alpha value is -0.750. The fourth-order valence-electron chi connectivity index (χ4n) is 1.73. The highest BCUT2D eigenvalue weighted by Gasteiger charge is 2.26. The van der Waals surface area contributed by atoms with Gasteiger partial charge in [0.2, 0.25) is 6.79 Å². The topological polar surface area (TPSA) is 44.8 Å². The molecule has 1 heterocycles. The fourth-order valence-corrected chi connectivity index (χ4v) is 2.68. The zero-order valence-corrected chi connectivity index (χ0v) is 13.1. The minimum atomic E-state index is -0.383. The molecule has 0 aromatic heterocycles. The summed E-state index contributed by atoms with van der Waals surface area (Å²) in [5.74, 6) is 1.03. The molecule has 0 bridgehead atoms. The summed E-state index contributed by atoms with van der Waals surface area (Å²) in [6.07, 6.45) is -0.383. The van der Waals surface area contributed by atoms with Gasteiger partial charge < -0.3 is 14.2 Å². The van der Waals surface area contributed by atoms with Crippen LogP contribution in [0.15, 0.2) is 16.6 Å². The minimum absolute atomic E-state index is 0.0157. The average Bonchev–Trinajstić information content (AvgIpc) is 2.71. The number of fused-ring (bicyclic) bond motifs is 1. The zero-order valence-electron chi connectivity index (χ0n) is 9.91. The summed E-state index contributed by atoms with van der Waals surface area (Å²) in [6.45, 7) is 3.53. The van der Waals surface area contributed by atoms with Crippen molar-refractivity contribution in [3.63, 3.8) is 0 Å². The van der Waals surface area contributed by atoms with Crippen molar-refractivity contribution in [2.24, 2.45) is 0 Å². The van der Waals surface area contributed by atoms with E-state index in [1.54, 1.807) is 0 Å². The number of alkyl halides is 1. The van der Waals surface area contributed by atoms with Crippen LogP contribution in [0.5, 0.6) is 11.5 Å². The fraction of sp³-hybridized carbons (Fsp3) is 0.417. The van der Waals surface area contributed by atoms with Gasteiger partial charge in [0.15, 0.2) is 11.5 Å². The number of esters is 1. The van der Waals surface area contributed by atoms with Crippen molar-refractivity contribution in [2.45, 2.75) is 24.8 Å². The van der Waals surface area contributed by atoms with Gasteiger partial charge in [0.05, 0.1) is 4.83 Å². The van der Waals surface area contributed by atoms with E-state index in [0.717, 1.165) is 10.0 Å². The van der Waals surface area contributed by atoms with Crippen LogP contribution in [0.3, 0.4) is 0 Å². The highest BCUT2D eigenvalue weighted by molar-refractivity contribution is 9.10. The van der Waals surface area contributed by atoms with Crippen LogP contribution in [0.4, 0.5) is 0 Å². The third kappa shape index (κ3) is 2.80. The van der Waals surface area contributed by atoms with Gasteiger partial charge in [0.1, 0.15) is 6.10 Å². The lowest BCUT2D eigenvalue weighted by Crippen LogP contribution is -2.16. The number of halogens is 2. The summed E-state index contributed by atoms with van der Waals surface area (Å²) in [7, 11) is 0. The number of hydrogen-bond donors (Lipinski definition) is 0.